The number of esters is 1. The molecule has 0 saturated heterocycles. The predicted molar refractivity (Wildman–Crippen MR) is 49.8 cm³/mol. The normalized spacial score (nSPS) is 17.3. The van der Waals surface area contributed by atoms with Crippen LogP contribution in [0.5, 0.6) is 0 Å². The molecule has 0 fully saturated rings. The van der Waals surface area contributed by atoms with E-state index in [4.69, 9.17) is 5.73 Å². The summed E-state index contributed by atoms with van der Waals surface area (Å²) in [6.45, 7) is 8.27. The Morgan fingerprint density at radius 2 is 2.23 bits per heavy atom. The first-order chi connectivity index (χ1) is 5.81. The zero-order valence-corrected chi connectivity index (χ0v) is 8.33. The molecule has 0 aliphatic heterocycles. The summed E-state index contributed by atoms with van der Waals surface area (Å²) in [5.74, 6) is -0.651. The van der Waals surface area contributed by atoms with Crippen LogP contribution in [0.1, 0.15) is 27.2 Å². The lowest BCUT2D eigenvalue weighted by atomic mass is 9.94. The number of ether oxygens (including phenoxy) is 1. The first-order valence-corrected chi connectivity index (χ1v) is 4.19. The third-order valence-corrected chi connectivity index (χ3v) is 1.88. The van der Waals surface area contributed by atoms with Crippen molar-refractivity contribution in [1.29, 1.82) is 0 Å². The van der Waals surface area contributed by atoms with Crippen molar-refractivity contribution in [1.82, 2.24) is 0 Å². The molecule has 4 nitrogen and oxygen atoms in total. The van der Waals surface area contributed by atoms with E-state index in [0.717, 1.165) is 0 Å². The summed E-state index contributed by atoms with van der Waals surface area (Å²) in [5, 5.41) is 9.63. The van der Waals surface area contributed by atoms with E-state index in [-0.39, 0.29) is 5.57 Å². The second kappa shape index (κ2) is 4.39. The van der Waals surface area contributed by atoms with E-state index in [1.165, 1.54) is 13.8 Å². The fraction of sp³-hybridized carbons (Fsp3) is 0.667. The maximum Gasteiger partial charge on any atom is 0.337 e. The van der Waals surface area contributed by atoms with Crippen molar-refractivity contribution in [3.8, 4) is 0 Å². The zero-order chi connectivity index (χ0) is 10.6. The van der Waals surface area contributed by atoms with Crippen molar-refractivity contribution in [2.75, 3.05) is 0 Å². The third kappa shape index (κ3) is 3.57. The second-order valence-electron chi connectivity index (χ2n) is 3.22. The number of hydrogen-bond donors (Lipinski definition) is 2. The maximum absolute atomic E-state index is 11.2. The number of aliphatic hydroxyl groups is 1. The highest BCUT2D eigenvalue weighted by Crippen LogP contribution is 2.19. The lowest BCUT2D eigenvalue weighted by Gasteiger charge is -2.23. The molecule has 0 aliphatic rings. The largest absolute Gasteiger partial charge is 0.444 e. The van der Waals surface area contributed by atoms with E-state index in [0.29, 0.717) is 6.42 Å². The van der Waals surface area contributed by atoms with Crippen LogP contribution >= 0.6 is 0 Å². The van der Waals surface area contributed by atoms with Crippen molar-refractivity contribution in [2.45, 2.75) is 39.0 Å². The SMILES string of the molecule is C=C(C(=O)OC(C)N)C(C)(O)CC. The summed E-state index contributed by atoms with van der Waals surface area (Å²) in [6.07, 6.45) is -0.281. The van der Waals surface area contributed by atoms with Gasteiger partial charge in [0.1, 0.15) is 6.23 Å². The molecule has 13 heavy (non-hydrogen) atoms. The Morgan fingerprint density at radius 3 is 2.54 bits per heavy atom. The van der Waals surface area contributed by atoms with E-state index in [2.05, 4.69) is 11.3 Å². The molecule has 0 radical (unpaired) electrons. The summed E-state index contributed by atoms with van der Waals surface area (Å²) >= 11 is 0. The first-order valence-electron chi connectivity index (χ1n) is 4.19. The van der Waals surface area contributed by atoms with E-state index < -0.39 is 17.8 Å². The minimum atomic E-state index is -1.22. The second-order valence-corrected chi connectivity index (χ2v) is 3.22. The first kappa shape index (κ1) is 12.1. The topological polar surface area (TPSA) is 72.5 Å². The van der Waals surface area contributed by atoms with Crippen LogP contribution < -0.4 is 5.73 Å². The van der Waals surface area contributed by atoms with E-state index >= 15 is 0 Å². The molecule has 2 unspecified atom stereocenters. The van der Waals surface area contributed by atoms with Gasteiger partial charge in [0.2, 0.25) is 0 Å². The van der Waals surface area contributed by atoms with Crippen LogP contribution in [0.25, 0.3) is 0 Å². The molecule has 3 N–H and O–H groups in total. The number of rotatable bonds is 4. The Hall–Kier alpha value is -0.870. The summed E-state index contributed by atoms with van der Waals surface area (Å²) in [5.41, 5.74) is 4.07. The van der Waals surface area contributed by atoms with E-state index in [9.17, 15) is 9.90 Å². The minimum Gasteiger partial charge on any atom is -0.444 e. The highest BCUT2D eigenvalue weighted by molar-refractivity contribution is 5.89. The molecule has 0 rings (SSSR count). The molecular formula is C9H17NO3. The Bertz CT molecular complexity index is 209. The van der Waals surface area contributed by atoms with Gasteiger partial charge in [-0.3, -0.25) is 5.73 Å². The van der Waals surface area contributed by atoms with Crippen LogP contribution in [0.3, 0.4) is 0 Å². The van der Waals surface area contributed by atoms with Gasteiger partial charge >= 0.3 is 5.97 Å². The maximum atomic E-state index is 11.2. The molecule has 4 heteroatoms. The summed E-state index contributed by atoms with van der Waals surface area (Å²) < 4.78 is 4.68. The van der Waals surface area contributed by atoms with Crippen molar-refractivity contribution >= 4 is 5.97 Å². The van der Waals surface area contributed by atoms with Crippen molar-refractivity contribution in [2.24, 2.45) is 5.73 Å². The van der Waals surface area contributed by atoms with Gasteiger partial charge in [0.15, 0.2) is 0 Å². The van der Waals surface area contributed by atoms with Gasteiger partial charge < -0.3 is 9.84 Å². The minimum absolute atomic E-state index is 0.0345. The van der Waals surface area contributed by atoms with Gasteiger partial charge in [0, 0.05) is 0 Å². The molecule has 0 spiro atoms. The molecule has 0 bridgehead atoms. The Balaban J connectivity index is 4.35. The number of carbonyl (C=O) groups is 1. The van der Waals surface area contributed by atoms with Crippen LogP contribution in [0.15, 0.2) is 12.2 Å². The fourth-order valence-corrected chi connectivity index (χ4v) is 0.673. The van der Waals surface area contributed by atoms with Crippen LogP contribution in [0.2, 0.25) is 0 Å². The van der Waals surface area contributed by atoms with Gasteiger partial charge in [0.25, 0.3) is 0 Å². The molecule has 0 aromatic carbocycles. The number of carbonyl (C=O) groups excluding carboxylic acids is 1. The monoisotopic (exact) mass is 187 g/mol. The standard InChI is InChI=1S/C9H17NO3/c1-5-9(4,12)6(2)8(11)13-7(3)10/h7,12H,2,5,10H2,1,3-4H3. The summed E-state index contributed by atoms with van der Waals surface area (Å²) in [4.78, 5) is 11.2. The third-order valence-electron chi connectivity index (χ3n) is 1.88. The number of nitrogens with two attached hydrogens (primary N) is 1. The van der Waals surface area contributed by atoms with Gasteiger partial charge in [-0.2, -0.15) is 0 Å². The molecule has 2 atom stereocenters. The summed E-state index contributed by atoms with van der Waals surface area (Å²) in [7, 11) is 0. The van der Waals surface area contributed by atoms with Gasteiger partial charge in [-0.25, -0.2) is 4.79 Å². The van der Waals surface area contributed by atoms with Crippen molar-refractivity contribution < 1.29 is 14.6 Å². The van der Waals surface area contributed by atoms with E-state index in [1.54, 1.807) is 6.92 Å². The summed E-state index contributed by atoms with van der Waals surface area (Å²) in [6, 6.07) is 0. The van der Waals surface area contributed by atoms with Crippen LogP contribution in [-0.2, 0) is 9.53 Å². The molecule has 0 aromatic rings. The fourth-order valence-electron chi connectivity index (χ4n) is 0.673. The predicted octanol–water partition coefficient (Wildman–Crippen LogP) is 0.552. The van der Waals surface area contributed by atoms with Gasteiger partial charge in [-0.05, 0) is 20.3 Å². The Morgan fingerprint density at radius 1 is 1.77 bits per heavy atom. The van der Waals surface area contributed by atoms with Crippen LogP contribution in [-0.4, -0.2) is 22.9 Å². The van der Waals surface area contributed by atoms with E-state index in [1.807, 2.05) is 0 Å². The highest BCUT2D eigenvalue weighted by atomic mass is 16.6. The van der Waals surface area contributed by atoms with Crippen molar-refractivity contribution in [3.63, 3.8) is 0 Å². The van der Waals surface area contributed by atoms with Gasteiger partial charge in [-0.15, -0.1) is 0 Å². The molecule has 0 amide bonds. The van der Waals surface area contributed by atoms with Gasteiger partial charge in [0.05, 0.1) is 11.2 Å². The molecule has 76 valence electrons. The average molecular weight is 187 g/mol. The average Bonchev–Trinajstić information content (AvgIpc) is 2.01. The molecule has 0 saturated carbocycles. The van der Waals surface area contributed by atoms with Crippen molar-refractivity contribution in [3.05, 3.63) is 12.2 Å². The molecule has 0 heterocycles. The molecule has 0 aromatic heterocycles. The Kier molecular flexibility index (Phi) is 4.10. The zero-order valence-electron chi connectivity index (χ0n) is 8.33. The molecular weight excluding hydrogens is 170 g/mol. The molecule has 0 aliphatic carbocycles. The van der Waals surface area contributed by atoms with Crippen LogP contribution in [0.4, 0.5) is 0 Å². The number of hydrogen-bond acceptors (Lipinski definition) is 4. The quantitative estimate of drug-likeness (QED) is 0.383. The Labute approximate surface area is 78.4 Å². The lowest BCUT2D eigenvalue weighted by molar-refractivity contribution is -0.145. The van der Waals surface area contributed by atoms with Crippen LogP contribution in [0, 0.1) is 0 Å². The lowest BCUT2D eigenvalue weighted by Crippen LogP contribution is -2.34. The van der Waals surface area contributed by atoms with Gasteiger partial charge in [-0.1, -0.05) is 13.5 Å². The highest BCUT2D eigenvalue weighted by Gasteiger charge is 2.28. The smallest absolute Gasteiger partial charge is 0.337 e.